The largest absolute Gasteiger partial charge is 0.501 e. The number of nitrogens with zero attached hydrogens (tertiary/aromatic N) is 2. The van der Waals surface area contributed by atoms with Gasteiger partial charge in [0.1, 0.15) is 4.90 Å². The van der Waals surface area contributed by atoms with Gasteiger partial charge in [-0.15, -0.1) is 0 Å². The third-order valence-electron chi connectivity index (χ3n) is 6.63. The van der Waals surface area contributed by atoms with E-state index in [4.69, 9.17) is 9.88 Å². The van der Waals surface area contributed by atoms with Gasteiger partial charge in [0.05, 0.1) is 23.1 Å². The number of rotatable bonds is 11. The monoisotopic (exact) mass is 606 g/mol. The Labute approximate surface area is 232 Å². The maximum absolute atomic E-state index is 13.2. The van der Waals surface area contributed by atoms with Gasteiger partial charge in [0, 0.05) is 44.6 Å². The van der Waals surface area contributed by atoms with Gasteiger partial charge in [-0.3, -0.25) is 4.79 Å². The van der Waals surface area contributed by atoms with Crippen molar-refractivity contribution < 1.29 is 39.5 Å². The first-order valence-electron chi connectivity index (χ1n) is 12.6. The van der Waals surface area contributed by atoms with E-state index < -0.39 is 35.2 Å². The summed E-state index contributed by atoms with van der Waals surface area (Å²) in [6.07, 6.45) is 1.89. The minimum absolute atomic E-state index is 0.0773. The summed E-state index contributed by atoms with van der Waals surface area (Å²) < 4.78 is 92.0. The molecule has 0 amide bonds. The van der Waals surface area contributed by atoms with Gasteiger partial charge < -0.3 is 19.9 Å². The van der Waals surface area contributed by atoms with Crippen molar-refractivity contribution in [3.63, 3.8) is 0 Å². The molecule has 1 heterocycles. The summed E-state index contributed by atoms with van der Waals surface area (Å²) in [5.41, 5.74) is -4.06. The molecule has 40 heavy (non-hydrogen) atoms. The van der Waals surface area contributed by atoms with Gasteiger partial charge in [0.25, 0.3) is 9.84 Å². The molecule has 0 saturated carbocycles. The Kier molecular flexibility index (Phi) is 9.95. The highest BCUT2D eigenvalue weighted by Crippen LogP contribution is 2.35. The van der Waals surface area contributed by atoms with Crippen molar-refractivity contribution in [2.24, 2.45) is 11.1 Å². The second-order valence-corrected chi connectivity index (χ2v) is 12.9. The number of hydrogen-bond donors (Lipinski definition) is 2. The first-order chi connectivity index (χ1) is 18.6. The zero-order valence-corrected chi connectivity index (χ0v) is 23.8. The van der Waals surface area contributed by atoms with Crippen molar-refractivity contribution in [2.45, 2.75) is 41.5 Å². The molecule has 0 aliphatic carbocycles. The van der Waals surface area contributed by atoms with Crippen LogP contribution in [0.4, 0.5) is 30.2 Å². The predicted molar refractivity (Wildman–Crippen MR) is 145 cm³/mol. The first kappa shape index (κ1) is 31.5. The molecular formula is C25H33F3N4O6S2. The van der Waals surface area contributed by atoms with Gasteiger partial charge in [-0.05, 0) is 68.7 Å². The average molecular weight is 607 g/mol. The fourth-order valence-electron chi connectivity index (χ4n) is 4.39. The molecule has 15 heteroatoms. The van der Waals surface area contributed by atoms with Crippen LogP contribution < -0.4 is 20.3 Å². The lowest BCUT2D eigenvalue weighted by atomic mass is 9.96. The number of anilines is 3. The second kappa shape index (κ2) is 12.6. The molecule has 10 nitrogen and oxygen atoms in total. The molecule has 1 aliphatic rings. The molecule has 0 aromatic heterocycles. The van der Waals surface area contributed by atoms with E-state index in [-0.39, 0.29) is 24.1 Å². The number of esters is 1. The normalized spacial score (nSPS) is 15.1. The van der Waals surface area contributed by atoms with Crippen LogP contribution in [0.15, 0.2) is 52.3 Å². The lowest BCUT2D eigenvalue weighted by Gasteiger charge is -2.33. The molecule has 2 aromatic carbocycles. The van der Waals surface area contributed by atoms with E-state index in [2.05, 4.69) is 10.2 Å². The van der Waals surface area contributed by atoms with E-state index in [1.807, 2.05) is 36.2 Å². The number of sulfonamides is 1. The number of primary sulfonamides is 1. The molecule has 1 saturated heterocycles. The first-order valence-corrected chi connectivity index (χ1v) is 15.6. The van der Waals surface area contributed by atoms with Gasteiger partial charge in [-0.2, -0.15) is 13.2 Å². The maximum Gasteiger partial charge on any atom is 0.501 e. The number of piperidine rings is 1. The SMILES string of the molecule is CCOC(=O)C1CCN(c2ccc(N(C)CCCNc3ccc(S(N)(=O)=O)cc3S(=O)(=O)C(F)(F)F)cc2)CC1. The van der Waals surface area contributed by atoms with Crippen LogP contribution in [0.5, 0.6) is 0 Å². The van der Waals surface area contributed by atoms with Crippen LogP contribution in [0, 0.1) is 5.92 Å². The standard InChI is InChI=1S/C25H33F3N4O6S2/c1-3-38-24(33)18-11-15-32(16-12-18)20-7-5-19(6-8-20)31(2)14-4-13-30-22-10-9-21(40(29,36)37)17-23(22)39(34,35)25(26,27)28/h5-10,17-18,30H,3-4,11-16H2,1-2H3,(H2,29,36,37). The Morgan fingerprint density at radius 3 is 2.27 bits per heavy atom. The van der Waals surface area contributed by atoms with Crippen molar-refractivity contribution in [1.29, 1.82) is 0 Å². The molecule has 3 N–H and O–H groups in total. The van der Waals surface area contributed by atoms with E-state index in [1.54, 1.807) is 6.92 Å². The highest BCUT2D eigenvalue weighted by Gasteiger charge is 2.48. The molecule has 3 rings (SSSR count). The Hall–Kier alpha value is -3.04. The zero-order valence-electron chi connectivity index (χ0n) is 22.1. The van der Waals surface area contributed by atoms with E-state index in [9.17, 15) is 34.8 Å². The quantitative estimate of drug-likeness (QED) is 0.291. The number of hydrogen-bond acceptors (Lipinski definition) is 9. The van der Waals surface area contributed by atoms with Crippen LogP contribution in [0.1, 0.15) is 26.2 Å². The van der Waals surface area contributed by atoms with Crippen LogP contribution >= 0.6 is 0 Å². The summed E-state index contributed by atoms with van der Waals surface area (Å²) in [5, 5.41) is 7.63. The van der Waals surface area contributed by atoms with Gasteiger partial charge in [0.2, 0.25) is 10.0 Å². The third-order valence-corrected chi connectivity index (χ3v) is 9.07. The minimum Gasteiger partial charge on any atom is -0.466 e. The Morgan fingerprint density at radius 2 is 1.73 bits per heavy atom. The van der Waals surface area contributed by atoms with Gasteiger partial charge in [-0.25, -0.2) is 22.0 Å². The number of alkyl halides is 3. The summed E-state index contributed by atoms with van der Waals surface area (Å²) in [4.78, 5) is 14.1. The Morgan fingerprint density at radius 1 is 1.10 bits per heavy atom. The molecule has 0 radical (unpaired) electrons. The smallest absolute Gasteiger partial charge is 0.466 e. The summed E-state index contributed by atoms with van der Waals surface area (Å²) in [6, 6.07) is 10.2. The molecular weight excluding hydrogens is 573 g/mol. The van der Waals surface area contributed by atoms with E-state index >= 15 is 0 Å². The number of halogens is 3. The van der Waals surface area contributed by atoms with Crippen LogP contribution in [-0.2, 0) is 29.4 Å². The lowest BCUT2D eigenvalue weighted by Crippen LogP contribution is -2.37. The van der Waals surface area contributed by atoms with Crippen LogP contribution in [0.3, 0.4) is 0 Å². The average Bonchev–Trinajstić information content (AvgIpc) is 2.90. The van der Waals surface area contributed by atoms with Gasteiger partial charge in [-0.1, -0.05) is 0 Å². The van der Waals surface area contributed by atoms with Crippen molar-refractivity contribution in [3.8, 4) is 0 Å². The van der Waals surface area contributed by atoms with Crippen LogP contribution in [0.25, 0.3) is 0 Å². The molecule has 1 aliphatic heterocycles. The number of carbonyl (C=O) groups is 1. The second-order valence-electron chi connectivity index (χ2n) is 9.38. The predicted octanol–water partition coefficient (Wildman–Crippen LogP) is 3.35. The number of sulfone groups is 1. The Balaban J connectivity index is 1.58. The highest BCUT2D eigenvalue weighted by atomic mass is 32.2. The number of carbonyl (C=O) groups excluding carboxylic acids is 1. The van der Waals surface area contributed by atoms with Crippen molar-refractivity contribution in [3.05, 3.63) is 42.5 Å². The highest BCUT2D eigenvalue weighted by molar-refractivity contribution is 7.92. The van der Waals surface area contributed by atoms with E-state index in [1.165, 1.54) is 0 Å². The molecule has 2 aromatic rings. The summed E-state index contributed by atoms with van der Waals surface area (Å²) >= 11 is 0. The van der Waals surface area contributed by atoms with E-state index in [0.29, 0.717) is 25.6 Å². The number of ether oxygens (including phenoxy) is 1. The Bertz CT molecular complexity index is 1390. The zero-order chi connectivity index (χ0) is 29.7. The minimum atomic E-state index is -5.83. The number of nitrogens with one attached hydrogen (secondary N) is 1. The molecule has 222 valence electrons. The third kappa shape index (κ3) is 7.57. The van der Waals surface area contributed by atoms with Gasteiger partial charge >= 0.3 is 11.5 Å². The molecule has 0 unspecified atom stereocenters. The van der Waals surface area contributed by atoms with Crippen molar-refractivity contribution >= 4 is 42.9 Å². The summed E-state index contributed by atoms with van der Waals surface area (Å²) in [7, 11) is -8.40. The van der Waals surface area contributed by atoms with E-state index in [0.717, 1.165) is 49.4 Å². The number of nitrogens with two attached hydrogens (primary N) is 1. The maximum atomic E-state index is 13.2. The number of benzene rings is 2. The fourth-order valence-corrected chi connectivity index (χ4v) is 5.97. The summed E-state index contributed by atoms with van der Waals surface area (Å²) in [6.45, 7) is 4.27. The van der Waals surface area contributed by atoms with Gasteiger partial charge in [0.15, 0.2) is 0 Å². The van der Waals surface area contributed by atoms with Crippen LogP contribution in [-0.4, -0.2) is 68.1 Å². The molecule has 0 atom stereocenters. The molecule has 1 fully saturated rings. The molecule has 0 spiro atoms. The molecule has 0 bridgehead atoms. The van der Waals surface area contributed by atoms with Crippen molar-refractivity contribution in [2.75, 3.05) is 55.0 Å². The lowest BCUT2D eigenvalue weighted by molar-refractivity contribution is -0.148. The van der Waals surface area contributed by atoms with Crippen LogP contribution in [0.2, 0.25) is 0 Å². The topological polar surface area (TPSA) is 139 Å². The fraction of sp³-hybridized carbons (Fsp3) is 0.480. The summed E-state index contributed by atoms with van der Waals surface area (Å²) in [5.74, 6) is -0.223. The van der Waals surface area contributed by atoms with Crippen molar-refractivity contribution in [1.82, 2.24) is 0 Å².